The van der Waals surface area contributed by atoms with Crippen molar-refractivity contribution >= 4 is 5.82 Å². The van der Waals surface area contributed by atoms with E-state index in [0.717, 1.165) is 37.6 Å². The maximum atomic E-state index is 5.50. The molecule has 0 amide bonds. The van der Waals surface area contributed by atoms with E-state index in [-0.39, 0.29) is 0 Å². The number of rotatable bonds is 3. The first-order valence-electron chi connectivity index (χ1n) is 5.54. The lowest BCUT2D eigenvalue weighted by Crippen LogP contribution is -2.40. The van der Waals surface area contributed by atoms with E-state index in [1.807, 2.05) is 12.1 Å². The average Bonchev–Trinajstić information content (AvgIpc) is 2.30. The summed E-state index contributed by atoms with van der Waals surface area (Å²) in [5.41, 5.74) is 3.75. The van der Waals surface area contributed by atoms with Gasteiger partial charge in [-0.3, -0.25) is 4.90 Å². The van der Waals surface area contributed by atoms with Crippen LogP contribution in [-0.4, -0.2) is 35.7 Å². The standard InChI is InChI=1S/C11H18N4O/c1-9-7-15(5-6-16-9)8-10-3-2-4-13-11(10)14-12/h2-4,9H,5-8,12H2,1H3,(H,13,14). The van der Waals surface area contributed by atoms with Crippen LogP contribution in [0.25, 0.3) is 0 Å². The molecule has 1 saturated heterocycles. The molecule has 0 spiro atoms. The van der Waals surface area contributed by atoms with E-state index in [0.29, 0.717) is 6.10 Å². The molecule has 1 aromatic rings. The van der Waals surface area contributed by atoms with Crippen LogP contribution in [0.5, 0.6) is 0 Å². The van der Waals surface area contributed by atoms with Gasteiger partial charge in [-0.1, -0.05) is 6.07 Å². The Bertz CT molecular complexity index is 345. The summed E-state index contributed by atoms with van der Waals surface area (Å²) in [7, 11) is 0. The van der Waals surface area contributed by atoms with Gasteiger partial charge in [-0.15, -0.1) is 0 Å². The monoisotopic (exact) mass is 222 g/mol. The van der Waals surface area contributed by atoms with Crippen LogP contribution in [0.2, 0.25) is 0 Å². The second-order valence-electron chi connectivity index (χ2n) is 4.07. The first-order valence-corrected chi connectivity index (χ1v) is 5.54. The molecule has 1 atom stereocenters. The summed E-state index contributed by atoms with van der Waals surface area (Å²) in [6.45, 7) is 5.67. The Morgan fingerprint density at radius 2 is 2.56 bits per heavy atom. The minimum Gasteiger partial charge on any atom is -0.376 e. The highest BCUT2D eigenvalue weighted by atomic mass is 16.5. The first kappa shape index (κ1) is 11.3. The van der Waals surface area contributed by atoms with Crippen LogP contribution in [0.3, 0.4) is 0 Å². The number of hydrazine groups is 1. The zero-order valence-corrected chi connectivity index (χ0v) is 9.52. The molecule has 1 aromatic heterocycles. The molecular weight excluding hydrogens is 204 g/mol. The van der Waals surface area contributed by atoms with E-state index in [4.69, 9.17) is 10.6 Å². The van der Waals surface area contributed by atoms with Gasteiger partial charge in [-0.2, -0.15) is 0 Å². The minimum absolute atomic E-state index is 0.305. The number of aromatic nitrogens is 1. The minimum atomic E-state index is 0.305. The van der Waals surface area contributed by atoms with Gasteiger partial charge >= 0.3 is 0 Å². The largest absolute Gasteiger partial charge is 0.376 e. The number of hydrogen-bond acceptors (Lipinski definition) is 5. The third-order valence-corrected chi connectivity index (χ3v) is 2.75. The van der Waals surface area contributed by atoms with Crippen molar-refractivity contribution in [2.75, 3.05) is 25.1 Å². The van der Waals surface area contributed by atoms with Crippen LogP contribution in [0, 0.1) is 0 Å². The molecule has 0 aliphatic carbocycles. The SMILES string of the molecule is CC1CN(Cc2cccnc2NN)CCO1. The van der Waals surface area contributed by atoms with Gasteiger partial charge in [0.05, 0.1) is 12.7 Å². The fourth-order valence-electron chi connectivity index (χ4n) is 1.97. The van der Waals surface area contributed by atoms with Gasteiger partial charge in [0.2, 0.25) is 0 Å². The van der Waals surface area contributed by atoms with E-state index in [9.17, 15) is 0 Å². The molecule has 2 rings (SSSR count). The number of ether oxygens (including phenoxy) is 1. The lowest BCUT2D eigenvalue weighted by atomic mass is 10.2. The molecule has 16 heavy (non-hydrogen) atoms. The number of nitrogen functional groups attached to an aromatic ring is 1. The maximum Gasteiger partial charge on any atom is 0.144 e. The molecule has 5 nitrogen and oxygen atoms in total. The first-order chi connectivity index (χ1) is 7.79. The zero-order chi connectivity index (χ0) is 11.4. The average molecular weight is 222 g/mol. The highest BCUT2D eigenvalue weighted by molar-refractivity contribution is 5.42. The van der Waals surface area contributed by atoms with Gasteiger partial charge in [0.25, 0.3) is 0 Å². The van der Waals surface area contributed by atoms with Gasteiger partial charge in [0.15, 0.2) is 0 Å². The van der Waals surface area contributed by atoms with Crippen LogP contribution < -0.4 is 11.3 Å². The molecule has 1 aliphatic rings. The second kappa shape index (κ2) is 5.25. The normalized spacial score (nSPS) is 22.0. The summed E-state index contributed by atoms with van der Waals surface area (Å²) in [5.74, 6) is 6.18. The number of morpholine rings is 1. The Kier molecular flexibility index (Phi) is 3.71. The lowest BCUT2D eigenvalue weighted by Gasteiger charge is -2.31. The highest BCUT2D eigenvalue weighted by Gasteiger charge is 2.17. The number of hydrogen-bond donors (Lipinski definition) is 2. The molecule has 88 valence electrons. The third kappa shape index (κ3) is 2.69. The molecule has 0 aromatic carbocycles. The molecule has 1 unspecified atom stereocenters. The summed E-state index contributed by atoms with van der Waals surface area (Å²) in [5, 5.41) is 0. The van der Waals surface area contributed by atoms with E-state index >= 15 is 0 Å². The van der Waals surface area contributed by atoms with Crippen molar-refractivity contribution in [2.24, 2.45) is 5.84 Å². The summed E-state index contributed by atoms with van der Waals surface area (Å²) in [4.78, 5) is 6.54. The zero-order valence-electron chi connectivity index (χ0n) is 9.52. The van der Waals surface area contributed by atoms with Crippen molar-refractivity contribution in [1.82, 2.24) is 9.88 Å². The van der Waals surface area contributed by atoms with Gasteiger partial charge in [0, 0.05) is 31.4 Å². The Balaban J connectivity index is 2.02. The lowest BCUT2D eigenvalue weighted by molar-refractivity contribution is -0.0211. The molecule has 1 aliphatic heterocycles. The van der Waals surface area contributed by atoms with Gasteiger partial charge in [-0.25, -0.2) is 10.8 Å². The number of anilines is 1. The second-order valence-corrected chi connectivity index (χ2v) is 4.07. The van der Waals surface area contributed by atoms with Crippen LogP contribution in [-0.2, 0) is 11.3 Å². The highest BCUT2D eigenvalue weighted by Crippen LogP contribution is 2.15. The molecular formula is C11H18N4O. The van der Waals surface area contributed by atoms with Crippen molar-refractivity contribution < 1.29 is 4.74 Å². The summed E-state index contributed by atoms with van der Waals surface area (Å²) < 4.78 is 5.50. The topological polar surface area (TPSA) is 63.4 Å². The Morgan fingerprint density at radius 3 is 3.31 bits per heavy atom. The van der Waals surface area contributed by atoms with Crippen molar-refractivity contribution in [2.45, 2.75) is 19.6 Å². The molecule has 5 heteroatoms. The predicted octanol–water partition coefficient (Wildman–Crippen LogP) is 0.588. The van der Waals surface area contributed by atoms with Crippen molar-refractivity contribution in [3.8, 4) is 0 Å². The molecule has 1 fully saturated rings. The van der Waals surface area contributed by atoms with Crippen LogP contribution in [0.15, 0.2) is 18.3 Å². The number of nitrogens with one attached hydrogen (secondary N) is 1. The van der Waals surface area contributed by atoms with E-state index in [1.165, 1.54) is 0 Å². The number of nitrogens with zero attached hydrogens (tertiary/aromatic N) is 2. The molecule has 3 N–H and O–H groups in total. The smallest absolute Gasteiger partial charge is 0.144 e. The van der Waals surface area contributed by atoms with Crippen LogP contribution in [0.1, 0.15) is 12.5 Å². The maximum absolute atomic E-state index is 5.50. The summed E-state index contributed by atoms with van der Waals surface area (Å²) in [6, 6.07) is 3.97. The summed E-state index contributed by atoms with van der Waals surface area (Å²) >= 11 is 0. The molecule has 0 radical (unpaired) electrons. The van der Waals surface area contributed by atoms with E-state index in [2.05, 4.69) is 22.2 Å². The Labute approximate surface area is 95.6 Å². The molecule has 0 bridgehead atoms. The van der Waals surface area contributed by atoms with Gasteiger partial charge < -0.3 is 10.2 Å². The van der Waals surface area contributed by atoms with Crippen LogP contribution >= 0.6 is 0 Å². The fourth-order valence-corrected chi connectivity index (χ4v) is 1.97. The van der Waals surface area contributed by atoms with E-state index < -0.39 is 0 Å². The molecule has 0 saturated carbocycles. The Hall–Kier alpha value is -1.17. The van der Waals surface area contributed by atoms with Crippen molar-refractivity contribution in [3.05, 3.63) is 23.9 Å². The van der Waals surface area contributed by atoms with Crippen molar-refractivity contribution in [1.29, 1.82) is 0 Å². The van der Waals surface area contributed by atoms with Crippen LogP contribution in [0.4, 0.5) is 5.82 Å². The van der Waals surface area contributed by atoms with Crippen molar-refractivity contribution in [3.63, 3.8) is 0 Å². The number of nitrogens with two attached hydrogens (primary N) is 1. The van der Waals surface area contributed by atoms with E-state index in [1.54, 1.807) is 6.20 Å². The number of pyridine rings is 1. The fraction of sp³-hybridized carbons (Fsp3) is 0.545. The predicted molar refractivity (Wildman–Crippen MR) is 62.7 cm³/mol. The third-order valence-electron chi connectivity index (χ3n) is 2.75. The quantitative estimate of drug-likeness (QED) is 0.579. The summed E-state index contributed by atoms with van der Waals surface area (Å²) in [6.07, 6.45) is 2.04. The van der Waals surface area contributed by atoms with Gasteiger partial charge in [-0.05, 0) is 13.0 Å². The van der Waals surface area contributed by atoms with Gasteiger partial charge in [0.1, 0.15) is 5.82 Å². The Morgan fingerprint density at radius 1 is 1.69 bits per heavy atom. The molecule has 2 heterocycles.